The van der Waals surface area contributed by atoms with Crippen LogP contribution < -0.4 is 9.46 Å². The first-order chi connectivity index (χ1) is 13.5. The number of nitrogens with zero attached hydrogens (tertiary/aromatic N) is 1. The lowest BCUT2D eigenvalue weighted by Crippen LogP contribution is -2.38. The van der Waals surface area contributed by atoms with E-state index in [4.69, 9.17) is 9.15 Å². The minimum Gasteiger partial charge on any atom is -0.493 e. The van der Waals surface area contributed by atoms with Gasteiger partial charge in [0.1, 0.15) is 11.5 Å². The Bertz CT molecular complexity index is 841. The summed E-state index contributed by atoms with van der Waals surface area (Å²) in [7, 11) is -3.51. The number of piperidine rings is 1. The average molecular weight is 407 g/mol. The van der Waals surface area contributed by atoms with Crippen LogP contribution >= 0.6 is 0 Å². The average Bonchev–Trinajstić information content (AvgIpc) is 3.19. The summed E-state index contributed by atoms with van der Waals surface area (Å²) >= 11 is 0. The summed E-state index contributed by atoms with van der Waals surface area (Å²) in [4.78, 5) is 2.64. The highest BCUT2D eigenvalue weighted by molar-refractivity contribution is 7.89. The summed E-state index contributed by atoms with van der Waals surface area (Å²) in [5, 5.41) is 0. The maximum atomic E-state index is 12.7. The molecule has 0 unspecified atom stereocenters. The summed E-state index contributed by atoms with van der Waals surface area (Å²) in [6, 6.07) is 8.93. The lowest BCUT2D eigenvalue weighted by Gasteiger charge is -2.31. The Morgan fingerprint density at radius 1 is 1.25 bits per heavy atom. The predicted molar refractivity (Wildman–Crippen MR) is 109 cm³/mol. The first-order valence-corrected chi connectivity index (χ1v) is 11.4. The second-order valence-corrected chi connectivity index (χ2v) is 9.19. The molecule has 28 heavy (non-hydrogen) atoms. The molecule has 0 saturated carbocycles. The number of ether oxygens (including phenoxy) is 1. The molecule has 1 aromatic heterocycles. The first kappa shape index (κ1) is 20.9. The Morgan fingerprint density at radius 3 is 2.68 bits per heavy atom. The van der Waals surface area contributed by atoms with Crippen LogP contribution in [0.4, 0.5) is 0 Å². The van der Waals surface area contributed by atoms with Crippen molar-refractivity contribution >= 4 is 10.0 Å². The van der Waals surface area contributed by atoms with Crippen molar-refractivity contribution in [2.75, 3.05) is 26.2 Å². The summed E-state index contributed by atoms with van der Waals surface area (Å²) in [6.45, 7) is 7.74. The van der Waals surface area contributed by atoms with Gasteiger partial charge in [0.25, 0.3) is 0 Å². The Labute approximate surface area is 167 Å². The molecule has 0 bridgehead atoms. The van der Waals surface area contributed by atoms with Gasteiger partial charge in [0.2, 0.25) is 10.0 Å². The van der Waals surface area contributed by atoms with Gasteiger partial charge in [0.05, 0.1) is 24.3 Å². The number of hydrogen-bond acceptors (Lipinski definition) is 5. The smallest absolute Gasteiger partial charge is 0.240 e. The van der Waals surface area contributed by atoms with E-state index in [2.05, 4.69) is 9.62 Å². The van der Waals surface area contributed by atoms with Gasteiger partial charge >= 0.3 is 0 Å². The van der Waals surface area contributed by atoms with Crippen LogP contribution in [0.1, 0.15) is 37.5 Å². The van der Waals surface area contributed by atoms with Crippen molar-refractivity contribution in [3.8, 4) is 5.75 Å². The quantitative estimate of drug-likeness (QED) is 0.689. The molecule has 1 saturated heterocycles. The number of benzene rings is 1. The molecule has 0 amide bonds. The molecule has 6 nitrogen and oxygen atoms in total. The molecule has 0 atom stereocenters. The molecule has 7 heteroatoms. The van der Waals surface area contributed by atoms with E-state index in [1.54, 1.807) is 24.5 Å². The standard InChI is InChI=1S/C21H30N2O4S/c1-3-12-27-21-7-6-20(14-17(21)2)28(24,25)22-15-18-8-10-23(11-9-18)16-19-5-4-13-26-19/h4-7,13-14,18,22H,3,8-12,15-16H2,1-2H3. The minimum atomic E-state index is -3.51. The van der Waals surface area contributed by atoms with Gasteiger partial charge in [-0.3, -0.25) is 4.90 Å². The largest absolute Gasteiger partial charge is 0.493 e. The second kappa shape index (κ2) is 9.58. The number of likely N-dealkylation sites (tertiary alicyclic amines) is 1. The fraction of sp³-hybridized carbons (Fsp3) is 0.524. The second-order valence-electron chi connectivity index (χ2n) is 7.43. The molecule has 1 aliphatic rings. The van der Waals surface area contributed by atoms with Crippen molar-refractivity contribution in [3.63, 3.8) is 0 Å². The number of nitrogens with one attached hydrogen (secondary N) is 1. The van der Waals surface area contributed by atoms with Crippen LogP contribution in [0.2, 0.25) is 0 Å². The van der Waals surface area contributed by atoms with Gasteiger partial charge < -0.3 is 9.15 Å². The highest BCUT2D eigenvalue weighted by Crippen LogP contribution is 2.23. The Kier molecular flexibility index (Phi) is 7.15. The molecule has 2 heterocycles. The van der Waals surface area contributed by atoms with Crippen molar-refractivity contribution in [2.24, 2.45) is 5.92 Å². The number of aryl methyl sites for hydroxylation is 1. The molecule has 1 fully saturated rings. The molecule has 0 aliphatic carbocycles. The Morgan fingerprint density at radius 2 is 2.04 bits per heavy atom. The Balaban J connectivity index is 1.49. The zero-order valence-corrected chi connectivity index (χ0v) is 17.5. The van der Waals surface area contributed by atoms with Crippen LogP contribution in [-0.2, 0) is 16.6 Å². The van der Waals surface area contributed by atoms with E-state index < -0.39 is 10.0 Å². The molecule has 1 N–H and O–H groups in total. The van der Waals surface area contributed by atoms with Gasteiger partial charge in [-0.1, -0.05) is 6.92 Å². The van der Waals surface area contributed by atoms with Gasteiger partial charge in [0, 0.05) is 6.54 Å². The van der Waals surface area contributed by atoms with Crippen molar-refractivity contribution in [2.45, 2.75) is 44.6 Å². The zero-order valence-electron chi connectivity index (χ0n) is 16.7. The molecule has 1 aromatic carbocycles. The minimum absolute atomic E-state index is 0.295. The predicted octanol–water partition coefficient (Wildman–Crippen LogP) is 3.57. The van der Waals surface area contributed by atoms with E-state index in [1.807, 2.05) is 26.0 Å². The monoisotopic (exact) mass is 406 g/mol. The molecule has 0 radical (unpaired) electrons. The highest BCUT2D eigenvalue weighted by Gasteiger charge is 2.22. The summed E-state index contributed by atoms with van der Waals surface area (Å²) < 4.78 is 39.1. The molecular formula is C21H30N2O4S. The summed E-state index contributed by atoms with van der Waals surface area (Å²) in [5.41, 5.74) is 0.836. The van der Waals surface area contributed by atoms with Crippen LogP contribution in [0, 0.1) is 12.8 Å². The van der Waals surface area contributed by atoms with E-state index in [-0.39, 0.29) is 0 Å². The molecule has 1 aliphatic heterocycles. The van der Waals surface area contributed by atoms with Crippen LogP contribution in [-0.4, -0.2) is 39.6 Å². The third-order valence-corrected chi connectivity index (χ3v) is 6.57. The van der Waals surface area contributed by atoms with E-state index in [0.29, 0.717) is 24.0 Å². The van der Waals surface area contributed by atoms with Gasteiger partial charge in [0.15, 0.2) is 0 Å². The lowest BCUT2D eigenvalue weighted by molar-refractivity contribution is 0.168. The molecule has 154 valence electrons. The number of rotatable bonds is 9. The maximum Gasteiger partial charge on any atom is 0.240 e. The Hall–Kier alpha value is -1.83. The maximum absolute atomic E-state index is 12.7. The van der Waals surface area contributed by atoms with Gasteiger partial charge in [-0.15, -0.1) is 0 Å². The topological polar surface area (TPSA) is 71.8 Å². The SMILES string of the molecule is CCCOc1ccc(S(=O)(=O)NCC2CCN(Cc3ccco3)CC2)cc1C. The number of furan rings is 1. The van der Waals surface area contributed by atoms with Crippen LogP contribution in [0.3, 0.4) is 0 Å². The third kappa shape index (κ3) is 5.59. The van der Waals surface area contributed by atoms with Crippen molar-refractivity contribution in [1.29, 1.82) is 0 Å². The first-order valence-electron chi connectivity index (χ1n) is 9.96. The van der Waals surface area contributed by atoms with Crippen LogP contribution in [0.25, 0.3) is 0 Å². The van der Waals surface area contributed by atoms with Gasteiger partial charge in [-0.2, -0.15) is 0 Å². The number of hydrogen-bond donors (Lipinski definition) is 1. The van der Waals surface area contributed by atoms with Crippen molar-refractivity contribution in [3.05, 3.63) is 47.9 Å². The third-order valence-electron chi connectivity index (χ3n) is 5.15. The summed E-state index contributed by atoms with van der Waals surface area (Å²) in [5.74, 6) is 2.07. The van der Waals surface area contributed by atoms with Gasteiger partial charge in [-0.25, -0.2) is 13.1 Å². The van der Waals surface area contributed by atoms with Crippen molar-refractivity contribution in [1.82, 2.24) is 9.62 Å². The fourth-order valence-electron chi connectivity index (χ4n) is 3.45. The summed E-state index contributed by atoms with van der Waals surface area (Å²) in [6.07, 6.45) is 4.57. The van der Waals surface area contributed by atoms with Crippen molar-refractivity contribution < 1.29 is 17.6 Å². The normalized spacial score (nSPS) is 16.4. The number of sulfonamides is 1. The van der Waals surface area contributed by atoms with E-state index in [0.717, 1.165) is 56.0 Å². The molecular weight excluding hydrogens is 376 g/mol. The molecule has 3 rings (SSSR count). The van der Waals surface area contributed by atoms with E-state index >= 15 is 0 Å². The molecule has 0 spiro atoms. The van der Waals surface area contributed by atoms with Gasteiger partial charge in [-0.05, 0) is 81.1 Å². The lowest BCUT2D eigenvalue weighted by atomic mass is 9.97. The molecule has 2 aromatic rings. The van der Waals surface area contributed by atoms with E-state index in [9.17, 15) is 8.42 Å². The fourth-order valence-corrected chi connectivity index (χ4v) is 4.65. The highest BCUT2D eigenvalue weighted by atomic mass is 32.2. The van der Waals surface area contributed by atoms with Crippen LogP contribution in [0.5, 0.6) is 5.75 Å². The van der Waals surface area contributed by atoms with E-state index in [1.165, 1.54) is 0 Å². The zero-order chi connectivity index (χ0) is 20.0. The van der Waals surface area contributed by atoms with Crippen LogP contribution in [0.15, 0.2) is 45.9 Å².